The summed E-state index contributed by atoms with van der Waals surface area (Å²) in [6, 6.07) is 11.6. The highest BCUT2D eigenvalue weighted by molar-refractivity contribution is 7.99. The first-order valence-electron chi connectivity index (χ1n) is 9.78. The van der Waals surface area contributed by atoms with Gasteiger partial charge in [-0.15, -0.1) is 10.2 Å². The molecule has 0 spiro atoms. The van der Waals surface area contributed by atoms with E-state index in [4.69, 9.17) is 9.15 Å². The third-order valence-corrected chi connectivity index (χ3v) is 5.54. The number of hydrogen-bond acceptors (Lipinski definition) is 7. The highest BCUT2D eigenvalue weighted by atomic mass is 32.2. The van der Waals surface area contributed by atoms with Gasteiger partial charge in [-0.05, 0) is 24.6 Å². The molecule has 2 aromatic heterocycles. The Labute approximate surface area is 169 Å². The molecule has 0 saturated carbocycles. The number of nitrogens with zero attached hydrogens (tertiary/aromatic N) is 3. The van der Waals surface area contributed by atoms with Crippen LogP contribution in [0.1, 0.15) is 51.0 Å². The molecule has 1 aromatic carbocycles. The predicted octanol–water partition coefficient (Wildman–Crippen LogP) is 5.70. The van der Waals surface area contributed by atoms with Crippen LogP contribution in [0.4, 0.5) is 5.69 Å². The molecule has 0 radical (unpaired) electrons. The van der Waals surface area contributed by atoms with Gasteiger partial charge < -0.3 is 14.5 Å². The Morgan fingerprint density at radius 1 is 1.04 bits per heavy atom. The molecule has 7 heteroatoms. The maximum atomic E-state index is 6.15. The molecule has 1 aliphatic rings. The molecule has 0 unspecified atom stereocenters. The molecule has 3 heterocycles. The van der Waals surface area contributed by atoms with E-state index in [2.05, 4.69) is 27.4 Å². The zero-order valence-electron chi connectivity index (χ0n) is 15.9. The maximum Gasteiger partial charge on any atom is 0.247 e. The summed E-state index contributed by atoms with van der Waals surface area (Å²) in [7, 11) is 0. The standard InChI is InChI=1S/C21H24N4O2S/c1-2-3-4-5-8-14-28-21-23-20-18(24-25-21)15-10-6-7-11-16(15)22-19(27-20)17-12-9-13-26-17/h6-7,9-13,19,22H,2-5,8,14H2,1H3/t19-/m0/s1. The maximum absolute atomic E-state index is 6.15. The fourth-order valence-electron chi connectivity index (χ4n) is 3.15. The quantitative estimate of drug-likeness (QED) is 0.387. The number of benzene rings is 1. The van der Waals surface area contributed by atoms with Crippen molar-refractivity contribution in [2.24, 2.45) is 0 Å². The molecule has 0 amide bonds. The van der Waals surface area contributed by atoms with Crippen LogP contribution in [0.3, 0.4) is 0 Å². The van der Waals surface area contributed by atoms with Gasteiger partial charge in [0.1, 0.15) is 0 Å². The summed E-state index contributed by atoms with van der Waals surface area (Å²) in [6.45, 7) is 2.23. The fraction of sp³-hybridized carbons (Fsp3) is 0.381. The molecule has 6 nitrogen and oxygen atoms in total. The van der Waals surface area contributed by atoms with E-state index in [1.54, 1.807) is 18.0 Å². The number of nitrogens with one attached hydrogen (secondary N) is 1. The lowest BCUT2D eigenvalue weighted by Crippen LogP contribution is -2.16. The second kappa shape index (κ2) is 9.10. The van der Waals surface area contributed by atoms with Gasteiger partial charge in [0.2, 0.25) is 17.3 Å². The van der Waals surface area contributed by atoms with Crippen molar-refractivity contribution in [2.75, 3.05) is 11.1 Å². The largest absolute Gasteiger partial charge is 0.463 e. The van der Waals surface area contributed by atoms with Gasteiger partial charge in [0.25, 0.3) is 0 Å². The van der Waals surface area contributed by atoms with Crippen LogP contribution in [0.25, 0.3) is 11.3 Å². The van der Waals surface area contributed by atoms with Crippen molar-refractivity contribution >= 4 is 17.4 Å². The lowest BCUT2D eigenvalue weighted by Gasteiger charge is -2.16. The number of ether oxygens (including phenoxy) is 1. The summed E-state index contributed by atoms with van der Waals surface area (Å²) in [5, 5.41) is 12.8. The number of hydrogen-bond donors (Lipinski definition) is 1. The second-order valence-corrected chi connectivity index (χ2v) is 7.78. The SMILES string of the molecule is CCCCCCCSc1nnc2c(n1)O[C@@H](c1ccco1)Nc1ccccc1-2. The number of anilines is 1. The van der Waals surface area contributed by atoms with Crippen LogP contribution < -0.4 is 10.1 Å². The van der Waals surface area contributed by atoms with Crippen molar-refractivity contribution in [3.63, 3.8) is 0 Å². The van der Waals surface area contributed by atoms with Gasteiger partial charge in [-0.25, -0.2) is 0 Å². The summed E-state index contributed by atoms with van der Waals surface area (Å²) >= 11 is 1.63. The second-order valence-electron chi connectivity index (χ2n) is 6.71. The Morgan fingerprint density at radius 2 is 1.93 bits per heavy atom. The zero-order valence-corrected chi connectivity index (χ0v) is 16.7. The Bertz CT molecular complexity index is 901. The van der Waals surface area contributed by atoms with Gasteiger partial charge >= 0.3 is 0 Å². The van der Waals surface area contributed by atoms with E-state index in [1.165, 1.54) is 25.7 Å². The number of para-hydroxylation sites is 1. The van der Waals surface area contributed by atoms with E-state index in [1.807, 2.05) is 36.4 Å². The van der Waals surface area contributed by atoms with Crippen LogP contribution in [0.2, 0.25) is 0 Å². The number of furan rings is 1. The molecular weight excluding hydrogens is 372 g/mol. The van der Waals surface area contributed by atoms with Crippen molar-refractivity contribution in [3.05, 3.63) is 48.4 Å². The summed E-state index contributed by atoms with van der Waals surface area (Å²) in [6.07, 6.45) is 7.41. The Morgan fingerprint density at radius 3 is 2.79 bits per heavy atom. The van der Waals surface area contributed by atoms with Gasteiger partial charge in [0.05, 0.1) is 6.26 Å². The van der Waals surface area contributed by atoms with Crippen LogP contribution in [0, 0.1) is 0 Å². The van der Waals surface area contributed by atoms with Crippen molar-refractivity contribution in [1.29, 1.82) is 0 Å². The van der Waals surface area contributed by atoms with Gasteiger partial charge in [0.15, 0.2) is 11.5 Å². The zero-order chi connectivity index (χ0) is 19.2. The van der Waals surface area contributed by atoms with E-state index in [0.717, 1.165) is 23.4 Å². The minimum Gasteiger partial charge on any atom is -0.463 e. The fourth-order valence-corrected chi connectivity index (χ4v) is 3.92. The van der Waals surface area contributed by atoms with Gasteiger partial charge in [0, 0.05) is 17.0 Å². The van der Waals surface area contributed by atoms with Gasteiger partial charge in [-0.1, -0.05) is 62.6 Å². The Kier molecular flexibility index (Phi) is 6.11. The average Bonchev–Trinajstić information content (AvgIpc) is 3.20. The summed E-state index contributed by atoms with van der Waals surface area (Å²) in [4.78, 5) is 4.65. The van der Waals surface area contributed by atoms with Gasteiger partial charge in [-0.3, -0.25) is 0 Å². The molecule has 1 atom stereocenters. The molecule has 4 rings (SSSR count). The van der Waals surface area contributed by atoms with E-state index in [0.29, 0.717) is 22.5 Å². The van der Waals surface area contributed by atoms with Crippen LogP contribution in [-0.2, 0) is 0 Å². The first-order valence-corrected chi connectivity index (χ1v) is 10.8. The average molecular weight is 397 g/mol. The van der Waals surface area contributed by atoms with Crippen molar-refractivity contribution in [3.8, 4) is 17.1 Å². The number of thioether (sulfide) groups is 1. The summed E-state index contributed by atoms with van der Waals surface area (Å²) in [5.74, 6) is 2.15. The molecule has 0 saturated heterocycles. The molecule has 0 fully saturated rings. The molecule has 0 bridgehead atoms. The third kappa shape index (κ3) is 4.30. The summed E-state index contributed by atoms with van der Waals surface area (Å²) < 4.78 is 11.7. The normalized spacial score (nSPS) is 15.1. The number of unbranched alkanes of at least 4 members (excludes halogenated alkanes) is 4. The van der Waals surface area contributed by atoms with Crippen molar-refractivity contribution in [1.82, 2.24) is 15.2 Å². The van der Waals surface area contributed by atoms with Crippen LogP contribution >= 0.6 is 11.8 Å². The molecule has 146 valence electrons. The number of rotatable bonds is 8. The van der Waals surface area contributed by atoms with E-state index in [9.17, 15) is 0 Å². The summed E-state index contributed by atoms with van der Waals surface area (Å²) in [5.41, 5.74) is 2.47. The highest BCUT2D eigenvalue weighted by Crippen LogP contribution is 2.39. The van der Waals surface area contributed by atoms with E-state index < -0.39 is 6.23 Å². The first-order chi connectivity index (χ1) is 13.8. The third-order valence-electron chi connectivity index (χ3n) is 4.61. The number of fused-ring (bicyclic) bond motifs is 3. The smallest absolute Gasteiger partial charge is 0.247 e. The lowest BCUT2D eigenvalue weighted by molar-refractivity contribution is 0.195. The molecule has 3 aromatic rings. The minimum absolute atomic E-state index is 0.471. The topological polar surface area (TPSA) is 73.1 Å². The molecule has 1 aliphatic heterocycles. The van der Waals surface area contributed by atoms with Crippen molar-refractivity contribution < 1.29 is 9.15 Å². The predicted molar refractivity (Wildman–Crippen MR) is 110 cm³/mol. The van der Waals surface area contributed by atoms with E-state index >= 15 is 0 Å². The molecular formula is C21H24N4O2S. The minimum atomic E-state index is -0.471. The molecule has 0 aliphatic carbocycles. The monoisotopic (exact) mass is 396 g/mol. The van der Waals surface area contributed by atoms with E-state index in [-0.39, 0.29) is 0 Å². The van der Waals surface area contributed by atoms with Crippen LogP contribution in [0.5, 0.6) is 5.88 Å². The van der Waals surface area contributed by atoms with Crippen LogP contribution in [-0.4, -0.2) is 20.9 Å². The first kappa shape index (κ1) is 18.8. The Balaban J connectivity index is 1.54. The Hall–Kier alpha value is -2.54. The highest BCUT2D eigenvalue weighted by Gasteiger charge is 2.27. The van der Waals surface area contributed by atoms with Crippen LogP contribution in [0.15, 0.2) is 52.2 Å². The lowest BCUT2D eigenvalue weighted by atomic mass is 10.1. The molecule has 1 N–H and O–H groups in total. The molecule has 28 heavy (non-hydrogen) atoms. The van der Waals surface area contributed by atoms with Gasteiger partial charge in [-0.2, -0.15) is 4.98 Å². The van der Waals surface area contributed by atoms with Crippen molar-refractivity contribution in [2.45, 2.75) is 50.4 Å². The number of aromatic nitrogens is 3.